The van der Waals surface area contributed by atoms with E-state index in [0.29, 0.717) is 17.7 Å². The molecule has 0 saturated carbocycles. The van der Waals surface area contributed by atoms with Gasteiger partial charge in [0, 0.05) is 17.7 Å². The van der Waals surface area contributed by atoms with E-state index in [4.69, 9.17) is 9.47 Å². The van der Waals surface area contributed by atoms with Crippen molar-refractivity contribution in [3.63, 3.8) is 0 Å². The molecule has 6 nitrogen and oxygen atoms in total. The smallest absolute Gasteiger partial charge is 0.181 e. The zero-order valence-electron chi connectivity index (χ0n) is 15.4. The number of phenols is 3. The Morgan fingerprint density at radius 1 is 1.19 bits per heavy atom. The molecule has 0 amide bonds. The Hall–Kier alpha value is -3.15. The van der Waals surface area contributed by atoms with E-state index in [1.807, 2.05) is 26.0 Å². The monoisotopic (exact) mass is 370 g/mol. The fraction of sp³-hybridized carbons (Fsp3) is 0.286. The standard InChI is InChI=1S/C21H22O6/c1-11(2)4-5-12-6-13(7-17(24)21(12)26-3)15-10-27-18-9-14(22)8-16(23)19(18)20(15)25/h4,6-9,15,22-24H,5,10H2,1-3H3/t15-/m1/s1. The zero-order valence-corrected chi connectivity index (χ0v) is 15.4. The molecule has 2 aromatic carbocycles. The molecule has 6 heteroatoms. The Balaban J connectivity index is 2.04. The van der Waals surface area contributed by atoms with Gasteiger partial charge in [-0.05, 0) is 31.9 Å². The number of hydrogen-bond donors (Lipinski definition) is 3. The molecule has 3 N–H and O–H groups in total. The molecule has 1 atom stereocenters. The molecule has 1 heterocycles. The van der Waals surface area contributed by atoms with Crippen LogP contribution in [0.25, 0.3) is 0 Å². The fourth-order valence-electron chi connectivity index (χ4n) is 3.22. The number of Topliss-reactive ketones (excluding diaryl/α,β-unsaturated/α-hetero) is 1. The Bertz CT molecular complexity index is 925. The summed E-state index contributed by atoms with van der Waals surface area (Å²) in [5.74, 6) is -1.06. The molecular formula is C21H22O6. The third-order valence-electron chi connectivity index (χ3n) is 4.54. The summed E-state index contributed by atoms with van der Waals surface area (Å²) in [5, 5.41) is 30.0. The molecule has 27 heavy (non-hydrogen) atoms. The number of benzene rings is 2. The van der Waals surface area contributed by atoms with Crippen LogP contribution >= 0.6 is 0 Å². The lowest BCUT2D eigenvalue weighted by atomic mass is 9.87. The van der Waals surface area contributed by atoms with Crippen LogP contribution in [0.2, 0.25) is 0 Å². The van der Waals surface area contributed by atoms with E-state index in [-0.39, 0.29) is 41.0 Å². The normalized spacial score (nSPS) is 15.7. The van der Waals surface area contributed by atoms with Crippen LogP contribution in [0, 0.1) is 0 Å². The minimum atomic E-state index is -0.685. The summed E-state index contributed by atoms with van der Waals surface area (Å²) in [6.45, 7) is 4.00. The van der Waals surface area contributed by atoms with Gasteiger partial charge in [-0.3, -0.25) is 4.79 Å². The number of fused-ring (bicyclic) bond motifs is 1. The van der Waals surface area contributed by atoms with Crippen molar-refractivity contribution in [3.8, 4) is 28.7 Å². The van der Waals surface area contributed by atoms with Crippen LogP contribution in [-0.4, -0.2) is 34.8 Å². The van der Waals surface area contributed by atoms with Gasteiger partial charge in [-0.2, -0.15) is 0 Å². The molecule has 2 aromatic rings. The van der Waals surface area contributed by atoms with E-state index in [2.05, 4.69) is 0 Å². The van der Waals surface area contributed by atoms with Crippen LogP contribution in [0.4, 0.5) is 0 Å². The maximum Gasteiger partial charge on any atom is 0.181 e. The fourth-order valence-corrected chi connectivity index (χ4v) is 3.22. The molecule has 0 bridgehead atoms. The van der Waals surface area contributed by atoms with Gasteiger partial charge in [0.05, 0.1) is 13.0 Å². The van der Waals surface area contributed by atoms with E-state index in [1.165, 1.54) is 19.2 Å². The highest BCUT2D eigenvalue weighted by Crippen LogP contribution is 2.42. The van der Waals surface area contributed by atoms with Crippen LogP contribution in [0.3, 0.4) is 0 Å². The lowest BCUT2D eigenvalue weighted by Crippen LogP contribution is -2.26. The van der Waals surface area contributed by atoms with Gasteiger partial charge in [0.15, 0.2) is 17.3 Å². The second kappa shape index (κ2) is 7.23. The highest BCUT2D eigenvalue weighted by Gasteiger charge is 2.34. The van der Waals surface area contributed by atoms with Gasteiger partial charge >= 0.3 is 0 Å². The third kappa shape index (κ3) is 3.56. The molecular weight excluding hydrogens is 348 g/mol. The predicted molar refractivity (Wildman–Crippen MR) is 100 cm³/mol. The number of carbonyl (C=O) groups is 1. The molecule has 0 fully saturated rings. The average molecular weight is 370 g/mol. The Morgan fingerprint density at radius 3 is 2.59 bits per heavy atom. The van der Waals surface area contributed by atoms with Gasteiger partial charge < -0.3 is 24.8 Å². The number of ether oxygens (including phenoxy) is 2. The minimum absolute atomic E-state index is 0.0326. The van der Waals surface area contributed by atoms with E-state index >= 15 is 0 Å². The van der Waals surface area contributed by atoms with Crippen molar-refractivity contribution in [2.24, 2.45) is 0 Å². The summed E-state index contributed by atoms with van der Waals surface area (Å²) in [4.78, 5) is 12.9. The van der Waals surface area contributed by atoms with Crippen LogP contribution < -0.4 is 9.47 Å². The van der Waals surface area contributed by atoms with Crippen molar-refractivity contribution in [1.82, 2.24) is 0 Å². The van der Waals surface area contributed by atoms with Gasteiger partial charge in [0.1, 0.15) is 29.4 Å². The second-order valence-electron chi connectivity index (χ2n) is 6.78. The van der Waals surface area contributed by atoms with Crippen molar-refractivity contribution in [2.45, 2.75) is 26.2 Å². The maximum absolute atomic E-state index is 12.9. The largest absolute Gasteiger partial charge is 0.508 e. The average Bonchev–Trinajstić information content (AvgIpc) is 2.59. The zero-order chi connectivity index (χ0) is 19.7. The highest BCUT2D eigenvalue weighted by atomic mass is 16.5. The number of ketones is 1. The molecule has 0 radical (unpaired) electrons. The van der Waals surface area contributed by atoms with E-state index in [9.17, 15) is 20.1 Å². The van der Waals surface area contributed by atoms with E-state index in [0.717, 1.165) is 17.2 Å². The Kier molecular flexibility index (Phi) is 4.99. The maximum atomic E-state index is 12.9. The van der Waals surface area contributed by atoms with Crippen LogP contribution in [0.15, 0.2) is 35.9 Å². The number of rotatable bonds is 4. The van der Waals surface area contributed by atoms with Gasteiger partial charge in [-0.25, -0.2) is 0 Å². The molecule has 0 aromatic heterocycles. The molecule has 0 saturated heterocycles. The summed E-state index contributed by atoms with van der Waals surface area (Å²) in [6.07, 6.45) is 2.55. The number of allylic oxidation sites excluding steroid dienone is 2. The van der Waals surface area contributed by atoms with E-state index in [1.54, 1.807) is 0 Å². The van der Waals surface area contributed by atoms with Crippen LogP contribution in [0.1, 0.15) is 41.3 Å². The van der Waals surface area contributed by atoms with Crippen molar-refractivity contribution in [3.05, 3.63) is 52.6 Å². The molecule has 1 aliphatic heterocycles. The molecule has 142 valence electrons. The lowest BCUT2D eigenvalue weighted by molar-refractivity contribution is 0.0892. The van der Waals surface area contributed by atoms with Crippen molar-refractivity contribution in [2.75, 3.05) is 13.7 Å². The second-order valence-corrected chi connectivity index (χ2v) is 6.78. The number of phenolic OH excluding ortho intramolecular Hbond substituents is 3. The first-order valence-electron chi connectivity index (χ1n) is 8.58. The highest BCUT2D eigenvalue weighted by molar-refractivity contribution is 6.06. The summed E-state index contributed by atoms with van der Waals surface area (Å²) < 4.78 is 10.9. The third-order valence-corrected chi connectivity index (χ3v) is 4.54. The summed E-state index contributed by atoms with van der Waals surface area (Å²) in [6, 6.07) is 5.70. The molecule has 0 aliphatic carbocycles. The number of methoxy groups -OCH3 is 1. The van der Waals surface area contributed by atoms with Gasteiger partial charge in [0.2, 0.25) is 0 Å². The van der Waals surface area contributed by atoms with Crippen LogP contribution in [0.5, 0.6) is 28.7 Å². The summed E-state index contributed by atoms with van der Waals surface area (Å²) >= 11 is 0. The minimum Gasteiger partial charge on any atom is -0.508 e. The summed E-state index contributed by atoms with van der Waals surface area (Å²) in [7, 11) is 1.48. The van der Waals surface area contributed by atoms with Crippen LogP contribution in [-0.2, 0) is 6.42 Å². The van der Waals surface area contributed by atoms with Gasteiger partial charge in [-0.1, -0.05) is 17.7 Å². The van der Waals surface area contributed by atoms with Gasteiger partial charge in [0.25, 0.3) is 0 Å². The first-order chi connectivity index (χ1) is 12.8. The number of carbonyl (C=O) groups excluding carboxylic acids is 1. The molecule has 0 unspecified atom stereocenters. The number of aromatic hydroxyl groups is 3. The van der Waals surface area contributed by atoms with Gasteiger partial charge in [-0.15, -0.1) is 0 Å². The molecule has 0 spiro atoms. The Morgan fingerprint density at radius 2 is 1.93 bits per heavy atom. The topological polar surface area (TPSA) is 96.2 Å². The van der Waals surface area contributed by atoms with Crippen molar-refractivity contribution < 1.29 is 29.6 Å². The Labute approximate surface area is 157 Å². The lowest BCUT2D eigenvalue weighted by Gasteiger charge is -2.26. The SMILES string of the molecule is COc1c(O)cc([C@H]2COc3cc(O)cc(O)c3C2=O)cc1CC=C(C)C. The van der Waals surface area contributed by atoms with Crippen molar-refractivity contribution in [1.29, 1.82) is 0 Å². The quantitative estimate of drug-likeness (QED) is 0.711. The predicted octanol–water partition coefficient (Wildman–Crippen LogP) is 3.68. The first-order valence-corrected chi connectivity index (χ1v) is 8.58. The first kappa shape index (κ1) is 18.6. The molecule has 1 aliphatic rings. The molecule has 3 rings (SSSR count). The number of hydrogen-bond acceptors (Lipinski definition) is 6. The van der Waals surface area contributed by atoms with Crippen molar-refractivity contribution >= 4 is 5.78 Å². The van der Waals surface area contributed by atoms with E-state index < -0.39 is 5.92 Å². The summed E-state index contributed by atoms with van der Waals surface area (Å²) in [5.41, 5.74) is 2.48.